The smallest absolute Gasteiger partial charge is 0.242 e. The largest absolute Gasteiger partial charge is 0.359 e. The molecular weight excluding hydrogens is 244 g/mol. The van der Waals surface area contributed by atoms with Gasteiger partial charge in [-0.25, -0.2) is 4.98 Å². The fourth-order valence-electron chi connectivity index (χ4n) is 2.41. The molecule has 1 aromatic rings. The molecule has 0 unspecified atom stereocenters. The van der Waals surface area contributed by atoms with Gasteiger partial charge in [-0.3, -0.25) is 9.59 Å². The summed E-state index contributed by atoms with van der Waals surface area (Å²) in [5, 5.41) is 2.62. The van der Waals surface area contributed by atoms with Gasteiger partial charge in [0.1, 0.15) is 12.4 Å². The minimum absolute atomic E-state index is 0.0461. The Morgan fingerprint density at radius 1 is 1.53 bits per heavy atom. The molecule has 0 aliphatic carbocycles. The summed E-state index contributed by atoms with van der Waals surface area (Å²) in [6.07, 6.45) is 4.92. The van der Waals surface area contributed by atoms with Crippen molar-refractivity contribution in [2.45, 2.75) is 26.3 Å². The summed E-state index contributed by atoms with van der Waals surface area (Å²) in [6, 6.07) is 0. The van der Waals surface area contributed by atoms with Gasteiger partial charge in [-0.2, -0.15) is 0 Å². The molecule has 2 heterocycles. The van der Waals surface area contributed by atoms with E-state index < -0.39 is 0 Å². The molecule has 19 heavy (non-hydrogen) atoms. The molecule has 1 aliphatic heterocycles. The summed E-state index contributed by atoms with van der Waals surface area (Å²) in [7, 11) is 1.64. The fourth-order valence-corrected chi connectivity index (χ4v) is 2.41. The lowest BCUT2D eigenvalue weighted by Crippen LogP contribution is -2.32. The predicted octanol–water partition coefficient (Wildman–Crippen LogP) is 0.176. The number of rotatable bonds is 4. The first-order valence-corrected chi connectivity index (χ1v) is 6.56. The van der Waals surface area contributed by atoms with Crippen LogP contribution in [0.1, 0.15) is 18.7 Å². The summed E-state index contributed by atoms with van der Waals surface area (Å²) >= 11 is 0. The third-order valence-electron chi connectivity index (χ3n) is 3.62. The lowest BCUT2D eigenvalue weighted by atomic mass is 10.1. The molecule has 1 aromatic heterocycles. The van der Waals surface area contributed by atoms with Gasteiger partial charge >= 0.3 is 0 Å². The average molecular weight is 264 g/mol. The molecule has 6 nitrogen and oxygen atoms in total. The molecule has 1 aliphatic rings. The highest BCUT2D eigenvalue weighted by atomic mass is 16.2. The van der Waals surface area contributed by atoms with E-state index in [2.05, 4.69) is 10.3 Å². The number of hydrogen-bond acceptors (Lipinski definition) is 3. The quantitative estimate of drug-likeness (QED) is 0.843. The molecule has 0 radical (unpaired) electrons. The van der Waals surface area contributed by atoms with Crippen molar-refractivity contribution in [3.8, 4) is 0 Å². The second-order valence-corrected chi connectivity index (χ2v) is 4.97. The van der Waals surface area contributed by atoms with Crippen LogP contribution in [0.3, 0.4) is 0 Å². The van der Waals surface area contributed by atoms with Crippen molar-refractivity contribution in [1.82, 2.24) is 19.8 Å². The zero-order valence-electron chi connectivity index (χ0n) is 11.4. The van der Waals surface area contributed by atoms with Crippen LogP contribution in [-0.4, -0.2) is 46.4 Å². The number of aryl methyl sites for hydroxylation is 1. The van der Waals surface area contributed by atoms with E-state index in [1.165, 1.54) is 0 Å². The average Bonchev–Trinajstić information content (AvgIpc) is 2.99. The van der Waals surface area contributed by atoms with Gasteiger partial charge in [0.05, 0.1) is 0 Å². The van der Waals surface area contributed by atoms with Crippen LogP contribution in [0.2, 0.25) is 0 Å². The monoisotopic (exact) mass is 264 g/mol. The van der Waals surface area contributed by atoms with Gasteiger partial charge in [-0.15, -0.1) is 0 Å². The number of amides is 2. The molecule has 0 spiro atoms. The lowest BCUT2D eigenvalue weighted by Gasteiger charge is -2.17. The molecule has 1 atom stereocenters. The van der Waals surface area contributed by atoms with Crippen LogP contribution in [0.15, 0.2) is 12.4 Å². The molecule has 2 rings (SSSR count). The SMILES string of the molecule is CNC(=O)C[C@@H]1CCN(C(=O)Cn2ccnc2C)C1. The minimum Gasteiger partial charge on any atom is -0.359 e. The fraction of sp³-hybridized carbons (Fsp3) is 0.615. The first-order valence-electron chi connectivity index (χ1n) is 6.56. The third kappa shape index (κ3) is 3.33. The maximum absolute atomic E-state index is 12.1. The van der Waals surface area contributed by atoms with Gasteiger partial charge in [0, 0.05) is 39.0 Å². The normalized spacial score (nSPS) is 18.6. The van der Waals surface area contributed by atoms with Gasteiger partial charge in [-0.05, 0) is 19.3 Å². The van der Waals surface area contributed by atoms with Crippen LogP contribution >= 0.6 is 0 Å². The Kier molecular flexibility index (Phi) is 4.19. The highest BCUT2D eigenvalue weighted by Crippen LogP contribution is 2.19. The number of imidazole rings is 1. The van der Waals surface area contributed by atoms with Crippen molar-refractivity contribution in [3.05, 3.63) is 18.2 Å². The Labute approximate surface area is 112 Å². The van der Waals surface area contributed by atoms with E-state index in [9.17, 15) is 9.59 Å². The van der Waals surface area contributed by atoms with E-state index in [0.29, 0.717) is 19.5 Å². The molecule has 2 amide bonds. The maximum Gasteiger partial charge on any atom is 0.242 e. The third-order valence-corrected chi connectivity index (χ3v) is 3.62. The van der Waals surface area contributed by atoms with Gasteiger partial charge in [0.15, 0.2) is 0 Å². The second kappa shape index (κ2) is 5.86. The summed E-state index contributed by atoms with van der Waals surface area (Å²) in [5.74, 6) is 1.27. The summed E-state index contributed by atoms with van der Waals surface area (Å²) in [6.45, 7) is 3.64. The van der Waals surface area contributed by atoms with Crippen LogP contribution in [-0.2, 0) is 16.1 Å². The number of carbonyl (C=O) groups is 2. The van der Waals surface area contributed by atoms with Gasteiger partial charge in [0.2, 0.25) is 11.8 Å². The van der Waals surface area contributed by atoms with Crippen LogP contribution in [0.4, 0.5) is 0 Å². The molecule has 6 heteroatoms. The Hall–Kier alpha value is -1.85. The predicted molar refractivity (Wildman–Crippen MR) is 70.3 cm³/mol. The lowest BCUT2D eigenvalue weighted by molar-refractivity contribution is -0.131. The van der Waals surface area contributed by atoms with Gasteiger partial charge in [-0.1, -0.05) is 0 Å². The van der Waals surface area contributed by atoms with Crippen molar-refractivity contribution in [1.29, 1.82) is 0 Å². The van der Waals surface area contributed by atoms with Crippen molar-refractivity contribution in [3.63, 3.8) is 0 Å². The molecule has 104 valence electrons. The first kappa shape index (κ1) is 13.6. The van der Waals surface area contributed by atoms with E-state index in [0.717, 1.165) is 18.8 Å². The molecule has 0 bridgehead atoms. The molecular formula is C13H20N4O2. The first-order chi connectivity index (χ1) is 9.10. The molecule has 1 fully saturated rings. The van der Waals surface area contributed by atoms with E-state index >= 15 is 0 Å². The van der Waals surface area contributed by atoms with Crippen molar-refractivity contribution >= 4 is 11.8 Å². The Bertz CT molecular complexity index is 469. The van der Waals surface area contributed by atoms with E-state index in [1.54, 1.807) is 13.2 Å². The zero-order valence-corrected chi connectivity index (χ0v) is 11.4. The van der Waals surface area contributed by atoms with Crippen molar-refractivity contribution < 1.29 is 9.59 Å². The van der Waals surface area contributed by atoms with Crippen LogP contribution in [0, 0.1) is 12.8 Å². The van der Waals surface area contributed by atoms with Crippen LogP contribution in [0.5, 0.6) is 0 Å². The maximum atomic E-state index is 12.1. The number of nitrogens with one attached hydrogen (secondary N) is 1. The summed E-state index contributed by atoms with van der Waals surface area (Å²) < 4.78 is 1.84. The van der Waals surface area contributed by atoms with E-state index in [-0.39, 0.29) is 17.7 Å². The summed E-state index contributed by atoms with van der Waals surface area (Å²) in [4.78, 5) is 29.4. The van der Waals surface area contributed by atoms with Crippen molar-refractivity contribution in [2.75, 3.05) is 20.1 Å². The van der Waals surface area contributed by atoms with E-state index in [4.69, 9.17) is 0 Å². The Balaban J connectivity index is 1.85. The standard InChI is InChI=1S/C13H20N4O2/c1-10-15-4-6-16(10)9-13(19)17-5-3-11(8-17)7-12(18)14-2/h4,6,11H,3,5,7-9H2,1-2H3,(H,14,18)/t11-/m0/s1. The van der Waals surface area contributed by atoms with Crippen LogP contribution < -0.4 is 5.32 Å². The molecule has 1 saturated heterocycles. The number of carbonyl (C=O) groups excluding carboxylic acids is 2. The number of likely N-dealkylation sites (tertiary alicyclic amines) is 1. The topological polar surface area (TPSA) is 67.2 Å². The highest BCUT2D eigenvalue weighted by molar-refractivity contribution is 5.77. The van der Waals surface area contributed by atoms with Gasteiger partial charge in [0.25, 0.3) is 0 Å². The minimum atomic E-state index is 0.0461. The zero-order chi connectivity index (χ0) is 13.8. The Morgan fingerprint density at radius 3 is 2.95 bits per heavy atom. The van der Waals surface area contributed by atoms with Crippen molar-refractivity contribution in [2.24, 2.45) is 5.92 Å². The van der Waals surface area contributed by atoms with Crippen LogP contribution in [0.25, 0.3) is 0 Å². The molecule has 1 N–H and O–H groups in total. The number of aromatic nitrogens is 2. The summed E-state index contributed by atoms with van der Waals surface area (Å²) in [5.41, 5.74) is 0. The Morgan fingerprint density at radius 2 is 2.32 bits per heavy atom. The van der Waals surface area contributed by atoms with E-state index in [1.807, 2.05) is 22.6 Å². The second-order valence-electron chi connectivity index (χ2n) is 4.97. The number of nitrogens with zero attached hydrogens (tertiary/aromatic N) is 3. The molecule has 0 aromatic carbocycles. The molecule has 0 saturated carbocycles. The van der Waals surface area contributed by atoms with Gasteiger partial charge < -0.3 is 14.8 Å². The number of hydrogen-bond donors (Lipinski definition) is 1. The highest BCUT2D eigenvalue weighted by Gasteiger charge is 2.27.